The molecule has 20 heavy (non-hydrogen) atoms. The summed E-state index contributed by atoms with van der Waals surface area (Å²) in [5.74, 6) is 0.848. The molecule has 0 fully saturated rings. The molecule has 1 amide bonds. The quantitative estimate of drug-likeness (QED) is 0.763. The van der Waals surface area contributed by atoms with Crippen molar-refractivity contribution in [2.24, 2.45) is 5.73 Å². The number of carbonyl (C=O) groups is 1. The van der Waals surface area contributed by atoms with Crippen LogP contribution >= 0.6 is 40.1 Å². The van der Waals surface area contributed by atoms with Crippen LogP contribution in [0.25, 0.3) is 0 Å². The van der Waals surface area contributed by atoms with Gasteiger partial charge in [0.05, 0.1) is 6.04 Å². The maximum absolute atomic E-state index is 11.9. The van der Waals surface area contributed by atoms with Gasteiger partial charge in [0.15, 0.2) is 0 Å². The lowest BCUT2D eigenvalue weighted by molar-refractivity contribution is -0.122. The van der Waals surface area contributed by atoms with Crippen molar-refractivity contribution in [3.8, 4) is 0 Å². The second kappa shape index (κ2) is 10.5. The number of amides is 1. The molecule has 1 aromatic carbocycles. The van der Waals surface area contributed by atoms with Gasteiger partial charge in [-0.1, -0.05) is 34.1 Å². The molecule has 0 saturated carbocycles. The zero-order valence-corrected chi connectivity index (χ0v) is 15.0. The molecule has 1 rings (SSSR count). The van der Waals surface area contributed by atoms with Crippen molar-refractivity contribution in [3.63, 3.8) is 0 Å². The molecular formula is C14H22BrClN2OS. The summed E-state index contributed by atoms with van der Waals surface area (Å²) in [5.41, 5.74) is 7.03. The van der Waals surface area contributed by atoms with Gasteiger partial charge in [0, 0.05) is 10.5 Å². The van der Waals surface area contributed by atoms with Crippen molar-refractivity contribution in [1.82, 2.24) is 5.32 Å². The van der Waals surface area contributed by atoms with Gasteiger partial charge < -0.3 is 11.1 Å². The number of rotatable bonds is 7. The molecule has 1 unspecified atom stereocenters. The number of benzene rings is 1. The molecule has 0 aliphatic rings. The van der Waals surface area contributed by atoms with E-state index >= 15 is 0 Å². The highest BCUT2D eigenvalue weighted by molar-refractivity contribution is 9.10. The van der Waals surface area contributed by atoms with Gasteiger partial charge in [-0.2, -0.15) is 11.8 Å². The molecule has 1 aromatic rings. The van der Waals surface area contributed by atoms with E-state index in [9.17, 15) is 4.79 Å². The van der Waals surface area contributed by atoms with Crippen LogP contribution in [-0.4, -0.2) is 30.0 Å². The van der Waals surface area contributed by atoms with Gasteiger partial charge in [-0.25, -0.2) is 0 Å². The van der Waals surface area contributed by atoms with Crippen LogP contribution in [0, 0.1) is 0 Å². The molecule has 114 valence electrons. The van der Waals surface area contributed by atoms with Crippen molar-refractivity contribution < 1.29 is 4.79 Å². The SMILES string of the molecule is CSCC[C@H](N)C(=O)NC(C)Cc1ccccc1Br.Cl. The Bertz CT molecular complexity index is 420. The first-order valence-corrected chi connectivity index (χ1v) is 8.51. The summed E-state index contributed by atoms with van der Waals surface area (Å²) in [4.78, 5) is 11.9. The summed E-state index contributed by atoms with van der Waals surface area (Å²) in [7, 11) is 0. The third-order valence-electron chi connectivity index (χ3n) is 2.84. The van der Waals surface area contributed by atoms with Crippen molar-refractivity contribution in [2.75, 3.05) is 12.0 Å². The summed E-state index contributed by atoms with van der Waals surface area (Å²) >= 11 is 5.22. The first-order valence-electron chi connectivity index (χ1n) is 6.33. The molecule has 3 nitrogen and oxygen atoms in total. The minimum atomic E-state index is -0.408. The van der Waals surface area contributed by atoms with Gasteiger partial charge in [0.2, 0.25) is 5.91 Å². The van der Waals surface area contributed by atoms with Crippen LogP contribution in [0.15, 0.2) is 28.7 Å². The minimum absolute atomic E-state index is 0. The Hall–Kier alpha value is -0.230. The fraction of sp³-hybridized carbons (Fsp3) is 0.500. The topological polar surface area (TPSA) is 55.1 Å². The third kappa shape index (κ3) is 6.97. The van der Waals surface area contributed by atoms with E-state index in [1.807, 2.05) is 31.4 Å². The molecule has 0 saturated heterocycles. The average molecular weight is 382 g/mol. The van der Waals surface area contributed by atoms with E-state index in [-0.39, 0.29) is 24.4 Å². The molecule has 0 spiro atoms. The number of nitrogens with one attached hydrogen (secondary N) is 1. The molecule has 0 aliphatic carbocycles. The maximum atomic E-state index is 11.9. The molecule has 0 heterocycles. The molecule has 0 aromatic heterocycles. The summed E-state index contributed by atoms with van der Waals surface area (Å²) in [6.45, 7) is 2.00. The highest BCUT2D eigenvalue weighted by atomic mass is 79.9. The molecule has 0 aliphatic heterocycles. The van der Waals surface area contributed by atoms with Gasteiger partial charge in [0.25, 0.3) is 0 Å². The van der Waals surface area contributed by atoms with E-state index in [0.717, 1.165) is 23.1 Å². The van der Waals surface area contributed by atoms with E-state index in [1.165, 1.54) is 5.56 Å². The molecular weight excluding hydrogens is 360 g/mol. The second-order valence-electron chi connectivity index (χ2n) is 4.59. The van der Waals surface area contributed by atoms with Crippen LogP contribution in [0.4, 0.5) is 0 Å². The number of halogens is 2. The summed E-state index contributed by atoms with van der Waals surface area (Å²) in [6.07, 6.45) is 3.53. The van der Waals surface area contributed by atoms with Gasteiger partial charge in [-0.05, 0) is 43.4 Å². The summed E-state index contributed by atoms with van der Waals surface area (Å²) < 4.78 is 1.07. The van der Waals surface area contributed by atoms with Gasteiger partial charge in [-0.3, -0.25) is 4.79 Å². The first kappa shape index (κ1) is 19.8. The van der Waals surface area contributed by atoms with Crippen LogP contribution in [-0.2, 0) is 11.2 Å². The lowest BCUT2D eigenvalue weighted by atomic mass is 10.1. The minimum Gasteiger partial charge on any atom is -0.352 e. The van der Waals surface area contributed by atoms with E-state index in [1.54, 1.807) is 11.8 Å². The van der Waals surface area contributed by atoms with E-state index in [4.69, 9.17) is 5.73 Å². The monoisotopic (exact) mass is 380 g/mol. The Kier molecular flexibility index (Phi) is 10.4. The fourth-order valence-corrected chi connectivity index (χ4v) is 2.71. The molecule has 2 atom stereocenters. The summed E-state index contributed by atoms with van der Waals surface area (Å²) in [5, 5.41) is 2.97. The van der Waals surface area contributed by atoms with Crippen LogP contribution in [0.2, 0.25) is 0 Å². The fourth-order valence-electron chi connectivity index (χ4n) is 1.77. The number of nitrogens with two attached hydrogens (primary N) is 1. The van der Waals surface area contributed by atoms with Crippen LogP contribution in [0.1, 0.15) is 18.9 Å². The third-order valence-corrected chi connectivity index (χ3v) is 4.26. The molecule has 0 bridgehead atoms. The van der Waals surface area contributed by atoms with Gasteiger partial charge in [0.1, 0.15) is 0 Å². The van der Waals surface area contributed by atoms with Crippen LogP contribution in [0.5, 0.6) is 0 Å². The lowest BCUT2D eigenvalue weighted by Crippen LogP contribution is -2.45. The predicted molar refractivity (Wildman–Crippen MR) is 93.7 cm³/mol. The number of hydrogen-bond acceptors (Lipinski definition) is 3. The zero-order valence-electron chi connectivity index (χ0n) is 11.8. The smallest absolute Gasteiger partial charge is 0.237 e. The zero-order chi connectivity index (χ0) is 14.3. The number of thioether (sulfide) groups is 1. The van der Waals surface area contributed by atoms with Crippen LogP contribution < -0.4 is 11.1 Å². The van der Waals surface area contributed by atoms with E-state index < -0.39 is 6.04 Å². The second-order valence-corrected chi connectivity index (χ2v) is 6.43. The normalized spacial score (nSPS) is 13.2. The van der Waals surface area contributed by atoms with Crippen molar-refractivity contribution in [1.29, 1.82) is 0 Å². The highest BCUT2D eigenvalue weighted by Gasteiger charge is 2.15. The standard InChI is InChI=1S/C14H21BrN2OS.ClH/c1-10(9-11-5-3-4-6-12(11)15)17-14(18)13(16)7-8-19-2;/h3-6,10,13H,7-9,16H2,1-2H3,(H,17,18);1H/t10?,13-;/m0./s1. The average Bonchev–Trinajstić information content (AvgIpc) is 2.38. The van der Waals surface area contributed by atoms with Crippen molar-refractivity contribution in [3.05, 3.63) is 34.3 Å². The van der Waals surface area contributed by atoms with Crippen LogP contribution in [0.3, 0.4) is 0 Å². The van der Waals surface area contributed by atoms with Gasteiger partial charge in [-0.15, -0.1) is 12.4 Å². The predicted octanol–water partition coefficient (Wildman–Crippen LogP) is 3.00. The molecule has 3 N–H and O–H groups in total. The van der Waals surface area contributed by atoms with Crippen molar-refractivity contribution >= 4 is 46.0 Å². The first-order chi connectivity index (χ1) is 9.04. The Labute approximate surface area is 140 Å². The van der Waals surface area contributed by atoms with E-state index in [2.05, 4.69) is 27.3 Å². The lowest BCUT2D eigenvalue weighted by Gasteiger charge is -2.18. The Morgan fingerprint density at radius 1 is 1.45 bits per heavy atom. The van der Waals surface area contributed by atoms with Crippen molar-refractivity contribution in [2.45, 2.75) is 31.8 Å². The van der Waals surface area contributed by atoms with E-state index in [0.29, 0.717) is 0 Å². The largest absolute Gasteiger partial charge is 0.352 e. The molecule has 0 radical (unpaired) electrons. The van der Waals surface area contributed by atoms with Gasteiger partial charge >= 0.3 is 0 Å². The Morgan fingerprint density at radius 3 is 2.70 bits per heavy atom. The summed E-state index contributed by atoms with van der Waals surface area (Å²) in [6, 6.07) is 7.71. The maximum Gasteiger partial charge on any atom is 0.237 e. The Morgan fingerprint density at radius 2 is 2.10 bits per heavy atom. The highest BCUT2D eigenvalue weighted by Crippen LogP contribution is 2.17. The molecule has 6 heteroatoms. The number of hydrogen-bond donors (Lipinski definition) is 2. The number of carbonyl (C=O) groups excluding carboxylic acids is 1. The Balaban J connectivity index is 0.00000361.